The second-order valence-corrected chi connectivity index (χ2v) is 3.81. The van der Waals surface area contributed by atoms with Crippen molar-refractivity contribution in [1.82, 2.24) is 5.32 Å². The van der Waals surface area contributed by atoms with Gasteiger partial charge in [0.25, 0.3) is 6.43 Å². The fourth-order valence-electron chi connectivity index (χ4n) is 1.61. The standard InChI is InChI=1S/C12H19F2NO2/c1-3-15-10(6-7-16-8-12(13)14)11-5-4-9(2)17-11/h4-5,10,12,15H,3,6-8H2,1-2H3. The van der Waals surface area contributed by atoms with Crippen LogP contribution in [0.5, 0.6) is 0 Å². The Bertz CT molecular complexity index is 315. The van der Waals surface area contributed by atoms with Crippen LogP contribution in [0.1, 0.15) is 30.9 Å². The molecule has 98 valence electrons. The lowest BCUT2D eigenvalue weighted by Crippen LogP contribution is -2.22. The van der Waals surface area contributed by atoms with Crippen LogP contribution < -0.4 is 5.32 Å². The predicted octanol–water partition coefficient (Wildman–Crippen LogP) is 2.91. The van der Waals surface area contributed by atoms with Crippen LogP contribution in [0.2, 0.25) is 0 Å². The highest BCUT2D eigenvalue weighted by molar-refractivity contribution is 5.09. The van der Waals surface area contributed by atoms with Gasteiger partial charge in [-0.1, -0.05) is 6.92 Å². The Labute approximate surface area is 100 Å². The summed E-state index contributed by atoms with van der Waals surface area (Å²) in [5.41, 5.74) is 0. The van der Waals surface area contributed by atoms with Crippen molar-refractivity contribution in [2.75, 3.05) is 19.8 Å². The highest BCUT2D eigenvalue weighted by Gasteiger charge is 2.14. The Balaban J connectivity index is 2.38. The summed E-state index contributed by atoms with van der Waals surface area (Å²) >= 11 is 0. The fraction of sp³-hybridized carbons (Fsp3) is 0.667. The number of ether oxygens (including phenoxy) is 1. The minimum atomic E-state index is -2.40. The molecule has 0 aromatic carbocycles. The molecule has 0 saturated heterocycles. The number of rotatable bonds is 8. The molecule has 1 heterocycles. The van der Waals surface area contributed by atoms with Crippen molar-refractivity contribution in [3.05, 3.63) is 23.7 Å². The summed E-state index contributed by atoms with van der Waals surface area (Å²) in [6.45, 7) is 4.44. The van der Waals surface area contributed by atoms with E-state index in [1.165, 1.54) is 0 Å². The van der Waals surface area contributed by atoms with Gasteiger partial charge in [-0.2, -0.15) is 0 Å². The molecule has 1 aromatic heterocycles. The zero-order valence-electron chi connectivity index (χ0n) is 10.2. The first-order chi connectivity index (χ1) is 8.13. The summed E-state index contributed by atoms with van der Waals surface area (Å²) in [6, 6.07) is 3.81. The van der Waals surface area contributed by atoms with Gasteiger partial charge in [0.05, 0.1) is 6.04 Å². The summed E-state index contributed by atoms with van der Waals surface area (Å²) < 4.78 is 34.1. The first-order valence-electron chi connectivity index (χ1n) is 5.79. The minimum absolute atomic E-state index is 0.0198. The van der Waals surface area contributed by atoms with Crippen LogP contribution in [0.4, 0.5) is 8.78 Å². The quantitative estimate of drug-likeness (QED) is 0.717. The summed E-state index contributed by atoms with van der Waals surface area (Å²) in [5, 5.41) is 3.24. The molecule has 17 heavy (non-hydrogen) atoms. The average molecular weight is 247 g/mol. The van der Waals surface area contributed by atoms with Gasteiger partial charge in [-0.05, 0) is 32.0 Å². The number of aryl methyl sites for hydroxylation is 1. The maximum absolute atomic E-state index is 11.9. The highest BCUT2D eigenvalue weighted by Crippen LogP contribution is 2.19. The highest BCUT2D eigenvalue weighted by atomic mass is 19.3. The van der Waals surface area contributed by atoms with Crippen LogP contribution in [-0.4, -0.2) is 26.2 Å². The Morgan fingerprint density at radius 2 is 2.18 bits per heavy atom. The summed E-state index contributed by atoms with van der Waals surface area (Å²) in [7, 11) is 0. The van der Waals surface area contributed by atoms with E-state index in [1.54, 1.807) is 0 Å². The van der Waals surface area contributed by atoms with Gasteiger partial charge in [0.15, 0.2) is 0 Å². The lowest BCUT2D eigenvalue weighted by atomic mass is 10.1. The number of hydrogen-bond acceptors (Lipinski definition) is 3. The third-order valence-electron chi connectivity index (χ3n) is 2.35. The number of alkyl halides is 2. The molecule has 0 aliphatic heterocycles. The maximum Gasteiger partial charge on any atom is 0.261 e. The Hall–Kier alpha value is -0.940. The molecule has 0 saturated carbocycles. The largest absolute Gasteiger partial charge is 0.465 e. The van der Waals surface area contributed by atoms with E-state index in [9.17, 15) is 8.78 Å². The molecule has 1 aromatic rings. The van der Waals surface area contributed by atoms with Gasteiger partial charge in [-0.3, -0.25) is 0 Å². The van der Waals surface area contributed by atoms with Gasteiger partial charge in [-0.25, -0.2) is 8.78 Å². The average Bonchev–Trinajstić information content (AvgIpc) is 2.69. The van der Waals surface area contributed by atoms with Crippen molar-refractivity contribution in [3.63, 3.8) is 0 Å². The number of halogens is 2. The minimum Gasteiger partial charge on any atom is -0.465 e. The molecule has 0 aliphatic carbocycles. The van der Waals surface area contributed by atoms with Gasteiger partial charge in [-0.15, -0.1) is 0 Å². The van der Waals surface area contributed by atoms with Crippen LogP contribution in [-0.2, 0) is 4.74 Å². The molecule has 0 amide bonds. The number of furan rings is 1. The number of hydrogen-bond donors (Lipinski definition) is 1. The van der Waals surface area contributed by atoms with E-state index in [4.69, 9.17) is 9.15 Å². The van der Waals surface area contributed by atoms with Crippen molar-refractivity contribution in [1.29, 1.82) is 0 Å². The molecule has 0 spiro atoms. The molecule has 0 radical (unpaired) electrons. The van der Waals surface area contributed by atoms with Crippen LogP contribution in [0, 0.1) is 6.92 Å². The van der Waals surface area contributed by atoms with Crippen molar-refractivity contribution < 1.29 is 17.9 Å². The molecule has 1 atom stereocenters. The van der Waals surface area contributed by atoms with E-state index < -0.39 is 13.0 Å². The summed E-state index contributed by atoms with van der Waals surface area (Å²) in [6.07, 6.45) is -1.79. The van der Waals surface area contributed by atoms with Gasteiger partial charge in [0.1, 0.15) is 18.1 Å². The molecule has 1 N–H and O–H groups in total. The Morgan fingerprint density at radius 1 is 1.41 bits per heavy atom. The SMILES string of the molecule is CCNC(CCOCC(F)F)c1ccc(C)o1. The van der Waals surface area contributed by atoms with Crippen molar-refractivity contribution >= 4 is 0 Å². The van der Waals surface area contributed by atoms with Crippen molar-refractivity contribution in [3.8, 4) is 0 Å². The topological polar surface area (TPSA) is 34.4 Å². The Morgan fingerprint density at radius 3 is 2.71 bits per heavy atom. The van der Waals surface area contributed by atoms with Gasteiger partial charge < -0.3 is 14.5 Å². The van der Waals surface area contributed by atoms with E-state index >= 15 is 0 Å². The van der Waals surface area contributed by atoms with Crippen LogP contribution in [0.15, 0.2) is 16.5 Å². The molecule has 0 aliphatic rings. The lowest BCUT2D eigenvalue weighted by Gasteiger charge is -2.15. The summed E-state index contributed by atoms with van der Waals surface area (Å²) in [4.78, 5) is 0. The zero-order valence-corrected chi connectivity index (χ0v) is 10.2. The molecule has 0 bridgehead atoms. The number of nitrogens with one attached hydrogen (secondary N) is 1. The molecule has 5 heteroatoms. The summed E-state index contributed by atoms with van der Waals surface area (Å²) in [5.74, 6) is 1.67. The molecule has 1 unspecified atom stereocenters. The smallest absolute Gasteiger partial charge is 0.261 e. The molecule has 1 rings (SSSR count). The van der Waals surface area contributed by atoms with E-state index in [2.05, 4.69) is 5.32 Å². The second kappa shape index (κ2) is 7.40. The first kappa shape index (κ1) is 14.1. The van der Waals surface area contributed by atoms with E-state index in [-0.39, 0.29) is 6.04 Å². The van der Waals surface area contributed by atoms with Gasteiger partial charge in [0, 0.05) is 6.61 Å². The normalized spacial score (nSPS) is 13.2. The van der Waals surface area contributed by atoms with Crippen LogP contribution >= 0.6 is 0 Å². The third-order valence-corrected chi connectivity index (χ3v) is 2.35. The molecule has 0 fully saturated rings. The molecule has 3 nitrogen and oxygen atoms in total. The van der Waals surface area contributed by atoms with E-state index in [0.717, 1.165) is 18.1 Å². The molecular weight excluding hydrogens is 228 g/mol. The lowest BCUT2D eigenvalue weighted by molar-refractivity contribution is 0.0139. The Kier molecular flexibility index (Phi) is 6.15. The van der Waals surface area contributed by atoms with E-state index in [1.807, 2.05) is 26.0 Å². The maximum atomic E-state index is 11.9. The van der Waals surface area contributed by atoms with Crippen LogP contribution in [0.25, 0.3) is 0 Å². The molecular formula is C12H19F2NO2. The zero-order chi connectivity index (χ0) is 12.7. The van der Waals surface area contributed by atoms with Crippen molar-refractivity contribution in [2.45, 2.75) is 32.7 Å². The third kappa shape index (κ3) is 5.28. The first-order valence-corrected chi connectivity index (χ1v) is 5.79. The van der Waals surface area contributed by atoms with Gasteiger partial charge >= 0.3 is 0 Å². The van der Waals surface area contributed by atoms with Gasteiger partial charge in [0.2, 0.25) is 0 Å². The van der Waals surface area contributed by atoms with Crippen LogP contribution in [0.3, 0.4) is 0 Å². The monoisotopic (exact) mass is 247 g/mol. The van der Waals surface area contributed by atoms with Crippen molar-refractivity contribution in [2.24, 2.45) is 0 Å². The second-order valence-electron chi connectivity index (χ2n) is 3.81. The fourth-order valence-corrected chi connectivity index (χ4v) is 1.61. The van der Waals surface area contributed by atoms with E-state index in [0.29, 0.717) is 13.0 Å². The predicted molar refractivity (Wildman–Crippen MR) is 61.3 cm³/mol.